The quantitative estimate of drug-likeness (QED) is 0.714. The summed E-state index contributed by atoms with van der Waals surface area (Å²) in [6.07, 6.45) is 0. The average molecular weight is 288 g/mol. The van der Waals surface area contributed by atoms with Crippen molar-refractivity contribution in [3.8, 4) is 0 Å². The SMILES string of the molecule is O=C(NCCCl)Nn1c2ccccc2c2ccccc21. The van der Waals surface area contributed by atoms with Crippen LogP contribution in [0.3, 0.4) is 0 Å². The third-order valence-corrected chi connectivity index (χ3v) is 3.36. The van der Waals surface area contributed by atoms with Crippen molar-refractivity contribution in [2.75, 3.05) is 17.9 Å². The Kier molecular flexibility index (Phi) is 3.48. The number of alkyl halides is 1. The molecule has 2 aromatic carbocycles. The van der Waals surface area contributed by atoms with E-state index in [0.29, 0.717) is 12.4 Å². The average Bonchev–Trinajstić information content (AvgIpc) is 2.80. The number of fused-ring (bicyclic) bond motifs is 3. The van der Waals surface area contributed by atoms with Crippen molar-refractivity contribution in [1.29, 1.82) is 0 Å². The van der Waals surface area contributed by atoms with Gasteiger partial charge in [0.25, 0.3) is 0 Å². The Morgan fingerprint density at radius 3 is 2.10 bits per heavy atom. The van der Waals surface area contributed by atoms with Crippen molar-refractivity contribution in [3.05, 3.63) is 48.5 Å². The van der Waals surface area contributed by atoms with Crippen LogP contribution in [0.2, 0.25) is 0 Å². The number of benzene rings is 2. The van der Waals surface area contributed by atoms with Gasteiger partial charge in [0.1, 0.15) is 0 Å². The number of para-hydroxylation sites is 2. The number of hydrogen-bond donors (Lipinski definition) is 2. The zero-order chi connectivity index (χ0) is 13.9. The van der Waals surface area contributed by atoms with Crippen LogP contribution in [-0.4, -0.2) is 23.1 Å². The summed E-state index contributed by atoms with van der Waals surface area (Å²) in [6, 6.07) is 15.7. The smallest absolute Gasteiger partial charge is 0.333 e. The molecular weight excluding hydrogens is 274 g/mol. The van der Waals surface area contributed by atoms with Crippen LogP contribution >= 0.6 is 11.6 Å². The summed E-state index contributed by atoms with van der Waals surface area (Å²) < 4.78 is 1.80. The first-order chi connectivity index (χ1) is 9.81. The monoisotopic (exact) mass is 287 g/mol. The van der Waals surface area contributed by atoms with Crippen molar-refractivity contribution in [2.24, 2.45) is 0 Å². The van der Waals surface area contributed by atoms with Crippen LogP contribution in [-0.2, 0) is 0 Å². The summed E-state index contributed by atoms with van der Waals surface area (Å²) in [5.41, 5.74) is 4.79. The number of amides is 2. The maximum Gasteiger partial charge on any atom is 0.333 e. The molecule has 0 spiro atoms. The van der Waals surface area contributed by atoms with E-state index in [-0.39, 0.29) is 6.03 Å². The lowest BCUT2D eigenvalue weighted by molar-refractivity contribution is 0.250. The molecule has 2 N–H and O–H groups in total. The molecule has 0 aliphatic carbocycles. The molecule has 2 amide bonds. The first kappa shape index (κ1) is 12.8. The van der Waals surface area contributed by atoms with Gasteiger partial charge in [0.15, 0.2) is 0 Å². The third-order valence-electron chi connectivity index (χ3n) is 3.17. The van der Waals surface area contributed by atoms with E-state index in [1.807, 2.05) is 48.5 Å². The molecule has 5 heteroatoms. The molecule has 3 rings (SSSR count). The fourth-order valence-corrected chi connectivity index (χ4v) is 2.44. The van der Waals surface area contributed by atoms with Crippen LogP contribution in [0.4, 0.5) is 4.79 Å². The Balaban J connectivity index is 2.09. The van der Waals surface area contributed by atoms with E-state index in [9.17, 15) is 4.79 Å². The fraction of sp³-hybridized carbons (Fsp3) is 0.133. The molecule has 0 saturated heterocycles. The number of nitrogens with one attached hydrogen (secondary N) is 2. The van der Waals surface area contributed by atoms with Gasteiger partial charge in [-0.3, -0.25) is 4.68 Å². The van der Waals surface area contributed by atoms with Crippen LogP contribution in [0.25, 0.3) is 21.8 Å². The van der Waals surface area contributed by atoms with Gasteiger partial charge < -0.3 is 5.32 Å². The molecule has 0 saturated carbocycles. The first-order valence-electron chi connectivity index (χ1n) is 6.40. The first-order valence-corrected chi connectivity index (χ1v) is 6.93. The highest BCUT2D eigenvalue weighted by Gasteiger charge is 2.11. The second-order valence-corrected chi connectivity index (χ2v) is 4.80. The van der Waals surface area contributed by atoms with Crippen molar-refractivity contribution in [1.82, 2.24) is 9.99 Å². The number of aromatic nitrogens is 1. The number of halogens is 1. The molecule has 3 aromatic rings. The minimum atomic E-state index is -0.267. The van der Waals surface area contributed by atoms with Crippen molar-refractivity contribution in [3.63, 3.8) is 0 Å². The minimum absolute atomic E-state index is 0.267. The maximum absolute atomic E-state index is 11.9. The van der Waals surface area contributed by atoms with Crippen LogP contribution in [0, 0.1) is 0 Å². The van der Waals surface area contributed by atoms with E-state index in [2.05, 4.69) is 10.7 Å². The van der Waals surface area contributed by atoms with E-state index in [1.54, 1.807) is 4.68 Å². The minimum Gasteiger partial charge on any atom is -0.336 e. The molecule has 0 aliphatic rings. The molecule has 0 fully saturated rings. The largest absolute Gasteiger partial charge is 0.336 e. The molecule has 0 aliphatic heterocycles. The van der Waals surface area contributed by atoms with E-state index in [0.717, 1.165) is 21.8 Å². The van der Waals surface area contributed by atoms with Gasteiger partial charge in [0, 0.05) is 23.2 Å². The van der Waals surface area contributed by atoms with Gasteiger partial charge in [0.05, 0.1) is 11.0 Å². The van der Waals surface area contributed by atoms with E-state index in [4.69, 9.17) is 11.6 Å². The van der Waals surface area contributed by atoms with Gasteiger partial charge in [-0.15, -0.1) is 11.6 Å². The van der Waals surface area contributed by atoms with Crippen LogP contribution in [0.1, 0.15) is 0 Å². The standard InChI is InChI=1S/C15H14ClN3O/c16-9-10-17-15(20)18-19-13-7-3-1-5-11(13)12-6-2-4-8-14(12)19/h1-8H,9-10H2,(H2,17,18,20). The summed E-state index contributed by atoms with van der Waals surface area (Å²) in [6.45, 7) is 0.435. The second-order valence-electron chi connectivity index (χ2n) is 4.43. The molecule has 102 valence electrons. The lowest BCUT2D eigenvalue weighted by Gasteiger charge is -2.10. The Labute approximate surface area is 121 Å². The highest BCUT2D eigenvalue weighted by Crippen LogP contribution is 2.27. The number of rotatable bonds is 3. The van der Waals surface area contributed by atoms with E-state index in [1.165, 1.54) is 0 Å². The normalized spacial score (nSPS) is 10.8. The number of carbonyl (C=O) groups excluding carboxylic acids is 1. The molecule has 0 bridgehead atoms. The van der Waals surface area contributed by atoms with Gasteiger partial charge in [-0.1, -0.05) is 36.4 Å². The number of hydrogen-bond acceptors (Lipinski definition) is 1. The van der Waals surface area contributed by atoms with Gasteiger partial charge >= 0.3 is 6.03 Å². The van der Waals surface area contributed by atoms with Crippen LogP contribution in [0.15, 0.2) is 48.5 Å². The highest BCUT2D eigenvalue weighted by molar-refractivity contribution is 6.18. The van der Waals surface area contributed by atoms with Gasteiger partial charge in [-0.2, -0.15) is 0 Å². The van der Waals surface area contributed by atoms with Crippen LogP contribution < -0.4 is 10.7 Å². The second kappa shape index (κ2) is 5.43. The molecule has 1 aromatic heterocycles. The molecule has 1 heterocycles. The summed E-state index contributed by atoms with van der Waals surface area (Å²) in [4.78, 5) is 11.9. The van der Waals surface area contributed by atoms with E-state index < -0.39 is 0 Å². The van der Waals surface area contributed by atoms with Crippen LogP contribution in [0.5, 0.6) is 0 Å². The predicted molar refractivity (Wildman–Crippen MR) is 82.9 cm³/mol. The zero-order valence-corrected chi connectivity index (χ0v) is 11.5. The summed E-state index contributed by atoms with van der Waals surface area (Å²) in [5, 5.41) is 4.92. The van der Waals surface area contributed by atoms with Crippen molar-refractivity contribution < 1.29 is 4.79 Å². The Morgan fingerprint density at radius 2 is 1.55 bits per heavy atom. The van der Waals surface area contributed by atoms with Gasteiger partial charge in [-0.25, -0.2) is 10.2 Å². The zero-order valence-electron chi connectivity index (χ0n) is 10.8. The number of carbonyl (C=O) groups is 1. The molecule has 0 unspecified atom stereocenters. The maximum atomic E-state index is 11.9. The Bertz CT molecular complexity index is 713. The third kappa shape index (κ3) is 2.18. The van der Waals surface area contributed by atoms with Gasteiger partial charge in [0.2, 0.25) is 0 Å². The highest BCUT2D eigenvalue weighted by atomic mass is 35.5. The molecular formula is C15H14ClN3O. The van der Waals surface area contributed by atoms with Crippen molar-refractivity contribution in [2.45, 2.75) is 0 Å². The van der Waals surface area contributed by atoms with Gasteiger partial charge in [-0.05, 0) is 12.1 Å². The number of urea groups is 1. The summed E-state index contributed by atoms with van der Waals surface area (Å²) >= 11 is 5.57. The molecule has 0 radical (unpaired) electrons. The van der Waals surface area contributed by atoms with E-state index >= 15 is 0 Å². The molecule has 0 atom stereocenters. The predicted octanol–water partition coefficient (Wildman–Crippen LogP) is 3.29. The summed E-state index contributed by atoms with van der Waals surface area (Å²) in [7, 11) is 0. The topological polar surface area (TPSA) is 46.1 Å². The Morgan fingerprint density at radius 1 is 1.00 bits per heavy atom. The lowest BCUT2D eigenvalue weighted by Crippen LogP contribution is -2.35. The Hall–Kier alpha value is -2.20. The number of nitrogens with zero attached hydrogens (tertiary/aromatic N) is 1. The molecule has 4 nitrogen and oxygen atoms in total. The molecule has 20 heavy (non-hydrogen) atoms. The lowest BCUT2D eigenvalue weighted by atomic mass is 10.2. The fourth-order valence-electron chi connectivity index (χ4n) is 2.34. The summed E-state index contributed by atoms with van der Waals surface area (Å²) in [5.74, 6) is 0.389. The van der Waals surface area contributed by atoms with Crippen molar-refractivity contribution >= 4 is 39.4 Å².